The van der Waals surface area contributed by atoms with Crippen LogP contribution in [0.2, 0.25) is 0 Å². The highest BCUT2D eigenvalue weighted by molar-refractivity contribution is 5.83. The van der Waals surface area contributed by atoms with Crippen LogP contribution in [0.1, 0.15) is 132 Å². The van der Waals surface area contributed by atoms with Crippen molar-refractivity contribution in [3.8, 4) is 0 Å². The Morgan fingerprint density at radius 3 is 2.12 bits per heavy atom. The number of ether oxygens (including phenoxy) is 4. The largest absolute Gasteiger partial charge is 0.462 e. The summed E-state index contributed by atoms with van der Waals surface area (Å²) in [5.74, 6) is -2.58. The number of halogens is 3. The van der Waals surface area contributed by atoms with Crippen molar-refractivity contribution < 1.29 is 56.4 Å². The maximum absolute atomic E-state index is 14.5. The summed E-state index contributed by atoms with van der Waals surface area (Å²) in [6.07, 6.45) is -0.146. The van der Waals surface area contributed by atoms with Gasteiger partial charge in [0.2, 0.25) is 0 Å². The molecule has 0 radical (unpaired) electrons. The normalized spacial score (nSPS) is 37.0. The third kappa shape index (κ3) is 7.05. The van der Waals surface area contributed by atoms with E-state index in [9.17, 15) is 37.5 Å². The quantitative estimate of drug-likeness (QED) is 0.154. The number of esters is 4. The van der Waals surface area contributed by atoms with Crippen molar-refractivity contribution in [3.63, 3.8) is 0 Å². The second-order valence-electron chi connectivity index (χ2n) is 18.9. The van der Waals surface area contributed by atoms with E-state index in [0.717, 1.165) is 39.0 Å². The van der Waals surface area contributed by atoms with E-state index in [4.69, 9.17) is 18.9 Å². The highest BCUT2D eigenvalue weighted by atomic mass is 19.4. The maximum atomic E-state index is 14.5. The van der Waals surface area contributed by atoms with Crippen LogP contribution in [0.15, 0.2) is 0 Å². The van der Waals surface area contributed by atoms with Gasteiger partial charge >= 0.3 is 30.1 Å². The lowest BCUT2D eigenvalue weighted by molar-refractivity contribution is -0.260. The Morgan fingerprint density at radius 1 is 0.863 bits per heavy atom. The highest BCUT2D eigenvalue weighted by Crippen LogP contribution is 2.57. The lowest BCUT2D eigenvalue weighted by atomic mass is 9.65. The Balaban J connectivity index is 1.22. The van der Waals surface area contributed by atoms with Crippen molar-refractivity contribution >= 4 is 23.9 Å². The fraction of sp³-hybridized carbons (Fsp3) is 0.897. The molecule has 51 heavy (non-hydrogen) atoms. The van der Waals surface area contributed by atoms with Crippen LogP contribution in [0.5, 0.6) is 0 Å². The van der Waals surface area contributed by atoms with Crippen molar-refractivity contribution in [2.24, 2.45) is 51.8 Å². The molecule has 6 aliphatic rings. The molecule has 5 aliphatic carbocycles. The average molecular weight is 727 g/mol. The molecule has 0 aromatic heterocycles. The fourth-order valence-corrected chi connectivity index (χ4v) is 11.1. The molecule has 6 fully saturated rings. The Labute approximate surface area is 299 Å². The molecule has 288 valence electrons. The van der Waals surface area contributed by atoms with Gasteiger partial charge in [0.1, 0.15) is 23.9 Å². The molecule has 4 bridgehead atoms. The number of hydrogen-bond donors (Lipinski definition) is 1. The van der Waals surface area contributed by atoms with Gasteiger partial charge in [-0.25, -0.2) is 0 Å². The molecule has 6 rings (SSSR count). The van der Waals surface area contributed by atoms with Crippen molar-refractivity contribution in [2.45, 2.75) is 168 Å². The summed E-state index contributed by atoms with van der Waals surface area (Å²) in [5.41, 5.74) is -7.18. The first-order valence-electron chi connectivity index (χ1n) is 19.1. The molecule has 1 aliphatic heterocycles. The minimum Gasteiger partial charge on any atom is -0.462 e. The Bertz CT molecular complexity index is 1400. The van der Waals surface area contributed by atoms with E-state index in [2.05, 4.69) is 0 Å². The molecule has 1 saturated heterocycles. The van der Waals surface area contributed by atoms with Crippen LogP contribution in [-0.2, 0) is 38.1 Å². The number of rotatable bonds is 13. The van der Waals surface area contributed by atoms with Gasteiger partial charge < -0.3 is 24.1 Å². The van der Waals surface area contributed by atoms with E-state index in [1.54, 1.807) is 27.7 Å². The molecule has 1 heterocycles. The first-order chi connectivity index (χ1) is 23.5. The van der Waals surface area contributed by atoms with Gasteiger partial charge in [0.05, 0.1) is 22.2 Å². The van der Waals surface area contributed by atoms with Gasteiger partial charge in [0.15, 0.2) is 5.60 Å². The van der Waals surface area contributed by atoms with Gasteiger partial charge in [-0.05, 0) is 143 Å². The zero-order valence-corrected chi connectivity index (χ0v) is 31.2. The first kappa shape index (κ1) is 38.4. The zero-order chi connectivity index (χ0) is 37.5. The third-order valence-electron chi connectivity index (χ3n) is 14.0. The summed E-state index contributed by atoms with van der Waals surface area (Å²) >= 11 is 0. The molecule has 12 atom stereocenters. The van der Waals surface area contributed by atoms with Gasteiger partial charge in [-0.3, -0.25) is 19.2 Å². The second-order valence-corrected chi connectivity index (χ2v) is 18.9. The number of carbonyl (C=O) groups is 4. The molecule has 9 nitrogen and oxygen atoms in total. The van der Waals surface area contributed by atoms with Gasteiger partial charge in [-0.1, -0.05) is 6.92 Å². The number of carbonyl (C=O) groups excluding carboxylic acids is 4. The van der Waals surface area contributed by atoms with Crippen LogP contribution in [0.4, 0.5) is 13.2 Å². The zero-order valence-electron chi connectivity index (χ0n) is 31.2. The molecule has 0 amide bonds. The lowest BCUT2D eigenvalue weighted by Gasteiger charge is -2.42. The Hall–Kier alpha value is -2.37. The monoisotopic (exact) mass is 726 g/mol. The van der Waals surface area contributed by atoms with E-state index < -0.39 is 82.2 Å². The standard InChI is InChI=1S/C39H57F3O9/c1-8-35(4,32(45)50-28-22-16-25-26(17-22)30(43)49-29(25)28)20-36(5,19-34(2,3)31(44)51-37(6)11-9-10-12-37)33(46)48-27-15-21-13-23(24(27)14-21)18-38(7,47)39(40,41)42/h21-29,47H,8-20H2,1-7H3. The van der Waals surface area contributed by atoms with Crippen LogP contribution < -0.4 is 0 Å². The molecule has 12 heteroatoms. The van der Waals surface area contributed by atoms with E-state index >= 15 is 0 Å². The SMILES string of the molecule is CCC(C)(CC(C)(CC(C)(C)C(=O)OC1(C)CCCC1)C(=O)OC1CC2CC(CC(C)(O)C(F)(F)F)C1C2)C(=O)OC1C2CC3C(=O)OC1C3C2. The molecule has 12 unspecified atom stereocenters. The number of alkyl halides is 3. The molecular weight excluding hydrogens is 669 g/mol. The molecule has 1 N–H and O–H groups in total. The predicted octanol–water partition coefficient (Wildman–Crippen LogP) is 7.25. The first-order valence-corrected chi connectivity index (χ1v) is 19.1. The highest BCUT2D eigenvalue weighted by Gasteiger charge is 2.64. The molecule has 0 aromatic rings. The van der Waals surface area contributed by atoms with Crippen LogP contribution in [0.25, 0.3) is 0 Å². The maximum Gasteiger partial charge on any atom is 0.416 e. The fourth-order valence-electron chi connectivity index (χ4n) is 11.1. The smallest absolute Gasteiger partial charge is 0.416 e. The van der Waals surface area contributed by atoms with Crippen LogP contribution >= 0.6 is 0 Å². The van der Waals surface area contributed by atoms with E-state index in [1.807, 2.05) is 13.8 Å². The van der Waals surface area contributed by atoms with Gasteiger partial charge in [0, 0.05) is 11.8 Å². The van der Waals surface area contributed by atoms with Gasteiger partial charge in [-0.15, -0.1) is 0 Å². The predicted molar refractivity (Wildman–Crippen MR) is 177 cm³/mol. The van der Waals surface area contributed by atoms with E-state index in [-0.39, 0.29) is 48.4 Å². The van der Waals surface area contributed by atoms with Gasteiger partial charge in [-0.2, -0.15) is 13.2 Å². The van der Waals surface area contributed by atoms with Crippen LogP contribution in [0, 0.1) is 51.8 Å². The van der Waals surface area contributed by atoms with E-state index in [0.29, 0.717) is 32.1 Å². The summed E-state index contributed by atoms with van der Waals surface area (Å²) in [7, 11) is 0. The van der Waals surface area contributed by atoms with Gasteiger partial charge in [0.25, 0.3) is 0 Å². The topological polar surface area (TPSA) is 125 Å². The Kier molecular flexibility index (Phi) is 9.70. The molecule has 5 saturated carbocycles. The van der Waals surface area contributed by atoms with E-state index in [1.165, 1.54) is 0 Å². The van der Waals surface area contributed by atoms with Crippen molar-refractivity contribution in [2.75, 3.05) is 0 Å². The van der Waals surface area contributed by atoms with Crippen LogP contribution in [0.3, 0.4) is 0 Å². The third-order valence-corrected chi connectivity index (χ3v) is 14.0. The number of aliphatic hydroxyl groups is 1. The number of fused-ring (bicyclic) bond motifs is 3. The molecule has 0 aromatic carbocycles. The summed E-state index contributed by atoms with van der Waals surface area (Å²) in [6, 6.07) is 0. The van der Waals surface area contributed by atoms with Crippen molar-refractivity contribution in [1.82, 2.24) is 0 Å². The minimum absolute atomic E-state index is 0.000307. The molecular formula is C39H57F3O9. The molecule has 0 spiro atoms. The summed E-state index contributed by atoms with van der Waals surface area (Å²) < 4.78 is 65.0. The summed E-state index contributed by atoms with van der Waals surface area (Å²) in [5, 5.41) is 10.3. The summed E-state index contributed by atoms with van der Waals surface area (Å²) in [6.45, 7) is 11.5. The van der Waals surface area contributed by atoms with Crippen LogP contribution in [-0.4, -0.2) is 64.7 Å². The lowest BCUT2D eigenvalue weighted by Crippen LogP contribution is -2.48. The summed E-state index contributed by atoms with van der Waals surface area (Å²) in [4.78, 5) is 54.8. The Morgan fingerprint density at radius 2 is 1.51 bits per heavy atom. The average Bonchev–Trinajstić information content (AvgIpc) is 3.85. The second kappa shape index (κ2) is 12.9. The number of hydrogen-bond acceptors (Lipinski definition) is 9. The van der Waals surface area contributed by atoms with Crippen molar-refractivity contribution in [1.29, 1.82) is 0 Å². The minimum atomic E-state index is -4.78. The van der Waals surface area contributed by atoms with Crippen molar-refractivity contribution in [3.05, 3.63) is 0 Å².